The van der Waals surface area contributed by atoms with Crippen LogP contribution in [-0.2, 0) is 4.79 Å². The van der Waals surface area contributed by atoms with E-state index >= 15 is 0 Å². The fourth-order valence-corrected chi connectivity index (χ4v) is 1.35. The van der Waals surface area contributed by atoms with Crippen molar-refractivity contribution in [3.8, 4) is 0 Å². The summed E-state index contributed by atoms with van der Waals surface area (Å²) in [6, 6.07) is 3.80. The number of hydrogen-bond acceptors (Lipinski definition) is 2. The average Bonchev–Trinajstić information content (AvgIpc) is 2.22. The number of carbonyl (C=O) groups excluding carboxylic acids is 1. The second-order valence-corrected chi connectivity index (χ2v) is 4.74. The zero-order valence-electron chi connectivity index (χ0n) is 9.13. The van der Waals surface area contributed by atoms with Gasteiger partial charge in [0.25, 0.3) is 0 Å². The van der Waals surface area contributed by atoms with Crippen molar-refractivity contribution in [3.05, 3.63) is 28.5 Å². The van der Waals surface area contributed by atoms with Crippen molar-refractivity contribution < 1.29 is 9.18 Å². The van der Waals surface area contributed by atoms with Gasteiger partial charge >= 0.3 is 0 Å². The van der Waals surface area contributed by atoms with Crippen LogP contribution in [0.5, 0.6) is 0 Å². The standard InChI is InChI=1S/C11H14BrFN2O/c1-6(2)10(14)11(16)15-7-3-4-8(12)9(13)5-7/h3-6,10H,14H2,1-2H3,(H,15,16). The average molecular weight is 289 g/mol. The lowest BCUT2D eigenvalue weighted by molar-refractivity contribution is -0.118. The van der Waals surface area contributed by atoms with E-state index in [1.807, 2.05) is 13.8 Å². The molecule has 88 valence electrons. The molecule has 16 heavy (non-hydrogen) atoms. The Labute approximate surface area is 102 Å². The van der Waals surface area contributed by atoms with Crippen molar-refractivity contribution in [3.63, 3.8) is 0 Å². The highest BCUT2D eigenvalue weighted by Gasteiger charge is 2.17. The van der Waals surface area contributed by atoms with Gasteiger partial charge in [-0.2, -0.15) is 0 Å². The van der Waals surface area contributed by atoms with Gasteiger partial charge in [0, 0.05) is 5.69 Å². The Hall–Kier alpha value is -0.940. The Morgan fingerprint density at radius 1 is 1.50 bits per heavy atom. The quantitative estimate of drug-likeness (QED) is 0.898. The molecule has 0 aromatic heterocycles. The molecule has 1 atom stereocenters. The fourth-order valence-electron chi connectivity index (χ4n) is 1.10. The minimum Gasteiger partial charge on any atom is -0.325 e. The minimum absolute atomic E-state index is 0.0419. The summed E-state index contributed by atoms with van der Waals surface area (Å²) in [7, 11) is 0. The monoisotopic (exact) mass is 288 g/mol. The maximum Gasteiger partial charge on any atom is 0.241 e. The third-order valence-electron chi connectivity index (χ3n) is 2.21. The van der Waals surface area contributed by atoms with E-state index in [4.69, 9.17) is 5.73 Å². The number of carbonyl (C=O) groups is 1. The molecule has 0 saturated heterocycles. The minimum atomic E-state index is -0.591. The molecule has 1 aromatic carbocycles. The van der Waals surface area contributed by atoms with Gasteiger partial charge in [-0.15, -0.1) is 0 Å². The molecule has 0 saturated carbocycles. The molecule has 0 heterocycles. The van der Waals surface area contributed by atoms with Crippen molar-refractivity contribution >= 4 is 27.5 Å². The van der Waals surface area contributed by atoms with Gasteiger partial charge in [0.2, 0.25) is 5.91 Å². The van der Waals surface area contributed by atoms with Crippen LogP contribution in [0.2, 0.25) is 0 Å². The normalized spacial score (nSPS) is 12.6. The molecule has 0 radical (unpaired) electrons. The molecule has 1 rings (SSSR count). The molecule has 0 aliphatic carbocycles. The van der Waals surface area contributed by atoms with E-state index in [2.05, 4.69) is 21.2 Å². The van der Waals surface area contributed by atoms with E-state index in [9.17, 15) is 9.18 Å². The fraction of sp³-hybridized carbons (Fsp3) is 0.364. The van der Waals surface area contributed by atoms with Crippen LogP contribution in [0.4, 0.5) is 10.1 Å². The zero-order chi connectivity index (χ0) is 12.3. The summed E-state index contributed by atoms with van der Waals surface area (Å²) >= 11 is 3.04. The largest absolute Gasteiger partial charge is 0.325 e. The van der Waals surface area contributed by atoms with E-state index in [1.165, 1.54) is 12.1 Å². The third-order valence-corrected chi connectivity index (χ3v) is 2.85. The number of anilines is 1. The first kappa shape index (κ1) is 13.1. The molecule has 1 unspecified atom stereocenters. The molecule has 0 bridgehead atoms. The van der Waals surface area contributed by atoms with Gasteiger partial charge in [-0.25, -0.2) is 4.39 Å². The number of benzene rings is 1. The van der Waals surface area contributed by atoms with E-state index in [0.717, 1.165) is 0 Å². The Morgan fingerprint density at radius 2 is 2.12 bits per heavy atom. The smallest absolute Gasteiger partial charge is 0.241 e. The Kier molecular flexibility index (Phi) is 4.44. The molecule has 3 nitrogen and oxygen atoms in total. The van der Waals surface area contributed by atoms with Crippen LogP contribution < -0.4 is 11.1 Å². The number of amides is 1. The molecular weight excluding hydrogens is 275 g/mol. The van der Waals surface area contributed by atoms with Gasteiger partial charge < -0.3 is 11.1 Å². The van der Waals surface area contributed by atoms with Crippen molar-refractivity contribution in [2.45, 2.75) is 19.9 Å². The maximum absolute atomic E-state index is 13.2. The van der Waals surface area contributed by atoms with Crippen LogP contribution >= 0.6 is 15.9 Å². The van der Waals surface area contributed by atoms with Crippen LogP contribution in [0.15, 0.2) is 22.7 Å². The predicted molar refractivity (Wildman–Crippen MR) is 65.5 cm³/mol. The van der Waals surface area contributed by atoms with Crippen LogP contribution in [-0.4, -0.2) is 11.9 Å². The van der Waals surface area contributed by atoms with Gasteiger partial charge in [0.1, 0.15) is 5.82 Å². The van der Waals surface area contributed by atoms with E-state index < -0.39 is 11.9 Å². The Morgan fingerprint density at radius 3 is 2.62 bits per heavy atom. The molecule has 0 aliphatic heterocycles. The summed E-state index contributed by atoms with van der Waals surface area (Å²) in [5.74, 6) is -0.687. The second-order valence-electron chi connectivity index (χ2n) is 3.89. The molecule has 0 fully saturated rings. The van der Waals surface area contributed by atoms with Crippen molar-refractivity contribution in [1.29, 1.82) is 0 Å². The molecule has 0 aliphatic rings. The van der Waals surface area contributed by atoms with E-state index in [-0.39, 0.29) is 11.8 Å². The summed E-state index contributed by atoms with van der Waals surface area (Å²) in [5, 5.41) is 2.57. The number of halogens is 2. The molecule has 3 N–H and O–H groups in total. The van der Waals surface area contributed by atoms with Gasteiger partial charge in [0.05, 0.1) is 10.5 Å². The van der Waals surface area contributed by atoms with Gasteiger partial charge in [0.15, 0.2) is 0 Å². The van der Waals surface area contributed by atoms with Gasteiger partial charge in [-0.1, -0.05) is 13.8 Å². The SMILES string of the molecule is CC(C)C(N)C(=O)Nc1ccc(Br)c(F)c1. The predicted octanol–water partition coefficient (Wildman–Crippen LogP) is 2.51. The maximum atomic E-state index is 13.2. The van der Waals surface area contributed by atoms with E-state index in [0.29, 0.717) is 10.2 Å². The first-order valence-corrected chi connectivity index (χ1v) is 5.72. The first-order chi connectivity index (χ1) is 7.41. The molecule has 0 spiro atoms. The van der Waals surface area contributed by atoms with E-state index in [1.54, 1.807) is 6.07 Å². The van der Waals surface area contributed by atoms with Crippen LogP contribution in [0.25, 0.3) is 0 Å². The lowest BCUT2D eigenvalue weighted by Gasteiger charge is -2.15. The summed E-state index contributed by atoms with van der Waals surface area (Å²) in [6.07, 6.45) is 0. The Balaban J connectivity index is 2.74. The summed E-state index contributed by atoms with van der Waals surface area (Å²) in [5.41, 5.74) is 6.07. The summed E-state index contributed by atoms with van der Waals surface area (Å²) in [6.45, 7) is 3.71. The van der Waals surface area contributed by atoms with Crippen molar-refractivity contribution in [2.75, 3.05) is 5.32 Å². The van der Waals surface area contributed by atoms with Crippen LogP contribution in [0, 0.1) is 11.7 Å². The first-order valence-electron chi connectivity index (χ1n) is 4.93. The number of rotatable bonds is 3. The molecule has 1 amide bonds. The lowest BCUT2D eigenvalue weighted by Crippen LogP contribution is -2.39. The second kappa shape index (κ2) is 5.41. The zero-order valence-corrected chi connectivity index (χ0v) is 10.7. The highest BCUT2D eigenvalue weighted by Crippen LogP contribution is 2.19. The lowest BCUT2D eigenvalue weighted by atomic mass is 10.1. The Bertz CT molecular complexity index is 396. The van der Waals surface area contributed by atoms with Crippen molar-refractivity contribution in [2.24, 2.45) is 11.7 Å². The van der Waals surface area contributed by atoms with Gasteiger partial charge in [-0.05, 0) is 40.0 Å². The third kappa shape index (κ3) is 3.28. The molecular formula is C11H14BrFN2O. The number of nitrogens with two attached hydrogens (primary N) is 1. The number of nitrogens with one attached hydrogen (secondary N) is 1. The van der Waals surface area contributed by atoms with Crippen LogP contribution in [0.1, 0.15) is 13.8 Å². The molecule has 1 aromatic rings. The van der Waals surface area contributed by atoms with Gasteiger partial charge in [-0.3, -0.25) is 4.79 Å². The van der Waals surface area contributed by atoms with Crippen molar-refractivity contribution in [1.82, 2.24) is 0 Å². The summed E-state index contributed by atoms with van der Waals surface area (Å²) in [4.78, 5) is 11.6. The van der Waals surface area contributed by atoms with Crippen LogP contribution in [0.3, 0.4) is 0 Å². The molecule has 5 heteroatoms. The number of hydrogen-bond donors (Lipinski definition) is 2. The topological polar surface area (TPSA) is 55.1 Å². The highest BCUT2D eigenvalue weighted by atomic mass is 79.9. The summed E-state index contributed by atoms with van der Waals surface area (Å²) < 4.78 is 13.5. The highest BCUT2D eigenvalue weighted by molar-refractivity contribution is 9.10.